The van der Waals surface area contributed by atoms with Crippen LogP contribution in [-0.4, -0.2) is 25.5 Å². The van der Waals surface area contributed by atoms with Gasteiger partial charge in [-0.15, -0.1) is 0 Å². The molecule has 0 atom stereocenters. The minimum absolute atomic E-state index is 0.0412. The van der Waals surface area contributed by atoms with Crippen molar-refractivity contribution in [2.24, 2.45) is 0 Å². The number of carbonyl (C=O) groups excluding carboxylic acids is 1. The van der Waals surface area contributed by atoms with Crippen LogP contribution in [0.15, 0.2) is 30.7 Å². The lowest BCUT2D eigenvalue weighted by molar-refractivity contribution is 0.0984. The Morgan fingerprint density at radius 3 is 2.82 bits per heavy atom. The molecule has 0 aromatic carbocycles. The third kappa shape index (κ3) is 2.55. The molecule has 0 saturated carbocycles. The first-order chi connectivity index (χ1) is 8.18. The fourth-order valence-electron chi connectivity index (χ4n) is 1.59. The molecule has 0 N–H and O–H groups in total. The summed E-state index contributed by atoms with van der Waals surface area (Å²) in [7, 11) is 0. The van der Waals surface area contributed by atoms with Crippen molar-refractivity contribution < 1.29 is 4.79 Å². The van der Waals surface area contributed by atoms with Crippen molar-refractivity contribution in [2.75, 3.05) is 0 Å². The van der Waals surface area contributed by atoms with Gasteiger partial charge in [-0.05, 0) is 26.0 Å². The first-order valence-corrected chi connectivity index (χ1v) is 5.51. The lowest BCUT2D eigenvalue weighted by atomic mass is 10.2. The normalized spacial score (nSPS) is 10.8. The SMILES string of the molecule is CC(C)n1ncnc1CC(=O)c1ccccn1. The molecule has 0 aliphatic carbocycles. The van der Waals surface area contributed by atoms with E-state index in [2.05, 4.69) is 15.1 Å². The van der Waals surface area contributed by atoms with Crippen LogP contribution in [-0.2, 0) is 6.42 Å². The summed E-state index contributed by atoms with van der Waals surface area (Å²) in [5, 5.41) is 4.10. The quantitative estimate of drug-likeness (QED) is 0.750. The van der Waals surface area contributed by atoms with Crippen molar-refractivity contribution >= 4 is 5.78 Å². The maximum atomic E-state index is 11.9. The van der Waals surface area contributed by atoms with Crippen molar-refractivity contribution in [3.63, 3.8) is 0 Å². The molecule has 0 radical (unpaired) electrons. The van der Waals surface area contributed by atoms with Gasteiger partial charge in [-0.3, -0.25) is 9.78 Å². The van der Waals surface area contributed by atoms with Crippen LogP contribution in [0.5, 0.6) is 0 Å². The molecular formula is C12H14N4O. The van der Waals surface area contributed by atoms with E-state index in [4.69, 9.17) is 0 Å². The summed E-state index contributed by atoms with van der Waals surface area (Å²) in [6, 6.07) is 5.49. The van der Waals surface area contributed by atoms with E-state index >= 15 is 0 Å². The number of aromatic nitrogens is 4. The zero-order valence-electron chi connectivity index (χ0n) is 9.87. The number of nitrogens with zero attached hydrogens (tertiary/aromatic N) is 4. The Labute approximate surface area is 99.5 Å². The minimum Gasteiger partial charge on any atom is -0.292 e. The molecule has 17 heavy (non-hydrogen) atoms. The highest BCUT2D eigenvalue weighted by atomic mass is 16.1. The van der Waals surface area contributed by atoms with Gasteiger partial charge in [0, 0.05) is 12.2 Å². The van der Waals surface area contributed by atoms with Crippen LogP contribution in [0.3, 0.4) is 0 Å². The average Bonchev–Trinajstić information content (AvgIpc) is 2.78. The lowest BCUT2D eigenvalue weighted by Gasteiger charge is -2.08. The van der Waals surface area contributed by atoms with Gasteiger partial charge in [0.1, 0.15) is 17.8 Å². The number of hydrogen-bond acceptors (Lipinski definition) is 4. The Morgan fingerprint density at radius 2 is 2.18 bits per heavy atom. The van der Waals surface area contributed by atoms with Gasteiger partial charge in [0.2, 0.25) is 0 Å². The van der Waals surface area contributed by atoms with Crippen LogP contribution in [0.1, 0.15) is 36.2 Å². The van der Waals surface area contributed by atoms with E-state index in [1.165, 1.54) is 6.33 Å². The van der Waals surface area contributed by atoms with Crippen molar-refractivity contribution in [3.8, 4) is 0 Å². The van der Waals surface area contributed by atoms with E-state index in [0.717, 1.165) is 0 Å². The maximum Gasteiger partial charge on any atom is 0.188 e. The van der Waals surface area contributed by atoms with Crippen LogP contribution in [0, 0.1) is 0 Å². The van der Waals surface area contributed by atoms with E-state index in [1.807, 2.05) is 13.8 Å². The van der Waals surface area contributed by atoms with E-state index in [9.17, 15) is 4.79 Å². The number of pyridine rings is 1. The Kier molecular flexibility index (Phi) is 3.27. The van der Waals surface area contributed by atoms with Crippen LogP contribution in [0.4, 0.5) is 0 Å². The monoisotopic (exact) mass is 230 g/mol. The second kappa shape index (κ2) is 4.86. The van der Waals surface area contributed by atoms with Crippen LogP contribution in [0.25, 0.3) is 0 Å². The molecule has 0 bridgehead atoms. The van der Waals surface area contributed by atoms with E-state index < -0.39 is 0 Å². The molecule has 0 spiro atoms. The number of carbonyl (C=O) groups is 1. The molecule has 2 aromatic heterocycles. The van der Waals surface area contributed by atoms with Gasteiger partial charge in [-0.25, -0.2) is 9.67 Å². The fraction of sp³-hybridized carbons (Fsp3) is 0.333. The van der Waals surface area contributed by atoms with Crippen molar-refractivity contribution in [3.05, 3.63) is 42.2 Å². The lowest BCUT2D eigenvalue weighted by Crippen LogP contribution is -2.13. The van der Waals surface area contributed by atoms with Gasteiger partial charge in [0.25, 0.3) is 0 Å². The minimum atomic E-state index is -0.0412. The highest BCUT2D eigenvalue weighted by Gasteiger charge is 2.14. The zero-order valence-corrected chi connectivity index (χ0v) is 9.87. The molecule has 0 aliphatic rings. The van der Waals surface area contributed by atoms with Gasteiger partial charge >= 0.3 is 0 Å². The molecule has 2 aromatic rings. The number of rotatable bonds is 4. The summed E-state index contributed by atoms with van der Waals surface area (Å²) in [5.74, 6) is 0.635. The molecule has 0 amide bonds. The second-order valence-corrected chi connectivity index (χ2v) is 4.03. The Bertz CT molecular complexity index is 504. The van der Waals surface area contributed by atoms with Gasteiger partial charge < -0.3 is 0 Å². The largest absolute Gasteiger partial charge is 0.292 e. The maximum absolute atomic E-state index is 11.9. The van der Waals surface area contributed by atoms with E-state index in [-0.39, 0.29) is 18.2 Å². The summed E-state index contributed by atoms with van der Waals surface area (Å²) in [4.78, 5) is 20.1. The molecule has 0 unspecified atom stereocenters. The first kappa shape index (κ1) is 11.4. The Hall–Kier alpha value is -2.04. The Balaban J connectivity index is 2.16. The topological polar surface area (TPSA) is 60.7 Å². The highest BCUT2D eigenvalue weighted by Crippen LogP contribution is 2.08. The van der Waals surface area contributed by atoms with Gasteiger partial charge in [-0.1, -0.05) is 6.07 Å². The predicted molar refractivity (Wildman–Crippen MR) is 62.7 cm³/mol. The van der Waals surface area contributed by atoms with Crippen LogP contribution >= 0.6 is 0 Å². The van der Waals surface area contributed by atoms with Gasteiger partial charge in [-0.2, -0.15) is 5.10 Å². The summed E-state index contributed by atoms with van der Waals surface area (Å²) >= 11 is 0. The fourth-order valence-corrected chi connectivity index (χ4v) is 1.59. The number of Topliss-reactive ketones (excluding diaryl/α,β-unsaturated/α-hetero) is 1. The molecule has 2 rings (SSSR count). The highest BCUT2D eigenvalue weighted by molar-refractivity contribution is 5.95. The second-order valence-electron chi connectivity index (χ2n) is 4.03. The Morgan fingerprint density at radius 1 is 1.35 bits per heavy atom. The molecule has 5 heteroatoms. The van der Waals surface area contributed by atoms with Crippen molar-refractivity contribution in [2.45, 2.75) is 26.3 Å². The molecule has 5 nitrogen and oxygen atoms in total. The first-order valence-electron chi connectivity index (χ1n) is 5.51. The average molecular weight is 230 g/mol. The predicted octanol–water partition coefficient (Wildman–Crippen LogP) is 1.68. The van der Waals surface area contributed by atoms with E-state index in [0.29, 0.717) is 11.5 Å². The molecular weight excluding hydrogens is 216 g/mol. The molecule has 88 valence electrons. The van der Waals surface area contributed by atoms with Crippen LogP contribution in [0.2, 0.25) is 0 Å². The molecule has 0 fully saturated rings. The van der Waals surface area contributed by atoms with E-state index in [1.54, 1.807) is 29.1 Å². The molecule has 0 saturated heterocycles. The summed E-state index contributed by atoms with van der Waals surface area (Å²) in [5.41, 5.74) is 0.464. The summed E-state index contributed by atoms with van der Waals surface area (Å²) in [6.07, 6.45) is 3.32. The van der Waals surface area contributed by atoms with Crippen LogP contribution < -0.4 is 0 Å². The summed E-state index contributed by atoms with van der Waals surface area (Å²) in [6.45, 7) is 4.01. The number of hydrogen-bond donors (Lipinski definition) is 0. The summed E-state index contributed by atoms with van der Waals surface area (Å²) < 4.78 is 1.75. The van der Waals surface area contributed by atoms with Gasteiger partial charge in [0.05, 0.1) is 6.42 Å². The standard InChI is InChI=1S/C12H14N4O/c1-9(2)16-12(14-8-15-16)7-11(17)10-5-3-4-6-13-10/h3-6,8-9H,7H2,1-2H3. The van der Waals surface area contributed by atoms with Gasteiger partial charge in [0.15, 0.2) is 5.78 Å². The molecule has 2 heterocycles. The zero-order chi connectivity index (χ0) is 12.3. The van der Waals surface area contributed by atoms with Crippen molar-refractivity contribution in [1.82, 2.24) is 19.7 Å². The smallest absolute Gasteiger partial charge is 0.188 e. The third-order valence-corrected chi connectivity index (χ3v) is 2.41. The molecule has 0 aliphatic heterocycles. The van der Waals surface area contributed by atoms with Crippen molar-refractivity contribution in [1.29, 1.82) is 0 Å². The third-order valence-electron chi connectivity index (χ3n) is 2.41. The number of ketones is 1.